The van der Waals surface area contributed by atoms with Crippen molar-refractivity contribution in [3.05, 3.63) is 0 Å². The summed E-state index contributed by atoms with van der Waals surface area (Å²) in [4.78, 5) is 26.1. The average molecular weight is 178 g/mol. The van der Waals surface area contributed by atoms with Gasteiger partial charge in [0, 0.05) is 6.42 Å². The van der Waals surface area contributed by atoms with Crippen molar-refractivity contribution in [2.24, 2.45) is 0 Å². The van der Waals surface area contributed by atoms with Crippen LogP contribution in [0.25, 0.3) is 0 Å². The van der Waals surface area contributed by atoms with Gasteiger partial charge in [0.25, 0.3) is 0 Å². The Kier molecular flexibility index (Phi) is 7.00. The molecule has 0 radical (unpaired) electrons. The molecule has 0 aliphatic carbocycles. The zero-order valence-electron chi connectivity index (χ0n) is 4.77. The second-order valence-corrected chi connectivity index (χ2v) is 2.47. The minimum atomic E-state index is -4.59. The van der Waals surface area contributed by atoms with Crippen LogP contribution in [0.5, 0.6) is 0 Å². The summed E-state index contributed by atoms with van der Waals surface area (Å²) in [6, 6.07) is 0. The van der Waals surface area contributed by atoms with Crippen molar-refractivity contribution >= 4 is 43.3 Å². The molecule has 7 heteroatoms. The third kappa shape index (κ3) is 8.62. The summed E-state index contributed by atoms with van der Waals surface area (Å²) in [7, 11) is -4.59. The van der Waals surface area contributed by atoms with Crippen LogP contribution in [-0.2, 0) is 13.9 Å². The Bertz CT molecular complexity index is 151. The van der Waals surface area contributed by atoms with Gasteiger partial charge in [0.1, 0.15) is 0 Å². The van der Waals surface area contributed by atoms with E-state index in [-0.39, 0.29) is 36.0 Å². The molecule has 0 saturated carbocycles. The van der Waals surface area contributed by atoms with E-state index < -0.39 is 13.8 Å². The molecule has 0 atom stereocenters. The number of rotatable bonds is 2. The molecule has 0 heterocycles. The van der Waals surface area contributed by atoms with Gasteiger partial charge in [0.05, 0.1) is 0 Å². The van der Waals surface area contributed by atoms with E-state index in [4.69, 9.17) is 9.79 Å². The fourth-order valence-corrected chi connectivity index (χ4v) is 0.592. The molecule has 2 N–H and O–H groups in total. The van der Waals surface area contributed by atoms with E-state index in [9.17, 15) is 9.36 Å². The summed E-state index contributed by atoms with van der Waals surface area (Å²) < 4.78 is 13.5. The SMILES string of the molecule is CCC(=O)OP(=O)(O)O.[NaH]. The monoisotopic (exact) mass is 178 g/mol. The molecule has 10 heavy (non-hydrogen) atoms. The van der Waals surface area contributed by atoms with Crippen molar-refractivity contribution < 1.29 is 23.7 Å². The van der Waals surface area contributed by atoms with Crippen LogP contribution in [0.4, 0.5) is 0 Å². The van der Waals surface area contributed by atoms with Crippen molar-refractivity contribution in [3.63, 3.8) is 0 Å². The van der Waals surface area contributed by atoms with Gasteiger partial charge in [-0.3, -0.25) is 14.6 Å². The molecule has 0 aliphatic rings. The van der Waals surface area contributed by atoms with Gasteiger partial charge in [-0.2, -0.15) is 0 Å². The van der Waals surface area contributed by atoms with Crippen LogP contribution in [0.2, 0.25) is 0 Å². The minimum absolute atomic E-state index is 0. The van der Waals surface area contributed by atoms with E-state index in [2.05, 4.69) is 4.52 Å². The molecule has 0 spiro atoms. The predicted octanol–water partition coefficient (Wildman–Crippen LogP) is -0.616. The van der Waals surface area contributed by atoms with Crippen molar-refractivity contribution in [2.75, 3.05) is 0 Å². The van der Waals surface area contributed by atoms with Crippen molar-refractivity contribution in [3.8, 4) is 0 Å². The number of phosphoric acid groups is 1. The first-order valence-corrected chi connectivity index (χ1v) is 3.76. The van der Waals surface area contributed by atoms with Crippen LogP contribution in [-0.4, -0.2) is 45.3 Å². The Morgan fingerprint density at radius 1 is 1.60 bits per heavy atom. The zero-order chi connectivity index (χ0) is 7.49. The molecule has 0 aromatic carbocycles. The van der Waals surface area contributed by atoms with E-state index in [0.717, 1.165) is 0 Å². The van der Waals surface area contributed by atoms with E-state index >= 15 is 0 Å². The Hall–Kier alpha value is 0.620. The van der Waals surface area contributed by atoms with E-state index in [1.165, 1.54) is 6.92 Å². The third-order valence-corrected chi connectivity index (χ3v) is 0.951. The fraction of sp³-hybridized carbons (Fsp3) is 0.667. The Labute approximate surface area is 80.3 Å². The summed E-state index contributed by atoms with van der Waals surface area (Å²) in [5.74, 6) is -0.900. The fourth-order valence-electron chi connectivity index (χ4n) is 0.197. The molecule has 0 fully saturated rings. The molecule has 0 aromatic rings. The molecule has 0 amide bonds. The van der Waals surface area contributed by atoms with E-state index in [1.54, 1.807) is 0 Å². The number of carbonyl (C=O) groups excluding carboxylic acids is 1. The molecule has 0 rings (SSSR count). The second kappa shape index (κ2) is 5.29. The van der Waals surface area contributed by atoms with Crippen molar-refractivity contribution in [1.82, 2.24) is 0 Å². The predicted molar refractivity (Wildman–Crippen MR) is 35.6 cm³/mol. The quantitative estimate of drug-likeness (QED) is 0.435. The summed E-state index contributed by atoms with van der Waals surface area (Å²) in [5.41, 5.74) is 0. The third-order valence-electron chi connectivity index (χ3n) is 0.509. The van der Waals surface area contributed by atoms with Crippen LogP contribution in [0.3, 0.4) is 0 Å². The maximum atomic E-state index is 10.1. The van der Waals surface area contributed by atoms with E-state index in [0.29, 0.717) is 0 Å². The summed E-state index contributed by atoms with van der Waals surface area (Å²) in [6.45, 7) is 1.44. The van der Waals surface area contributed by atoms with Crippen LogP contribution < -0.4 is 0 Å². The molecule has 0 unspecified atom stereocenters. The van der Waals surface area contributed by atoms with Gasteiger partial charge >= 0.3 is 43.3 Å². The summed E-state index contributed by atoms with van der Waals surface area (Å²) in [5, 5.41) is 0. The van der Waals surface area contributed by atoms with Gasteiger partial charge in [-0.05, 0) is 0 Å². The molecular weight excluding hydrogens is 170 g/mol. The zero-order valence-corrected chi connectivity index (χ0v) is 5.67. The van der Waals surface area contributed by atoms with Crippen LogP contribution in [0.1, 0.15) is 13.3 Å². The van der Waals surface area contributed by atoms with Gasteiger partial charge in [-0.1, -0.05) is 6.92 Å². The first-order chi connectivity index (χ1) is 3.95. The molecule has 0 aromatic heterocycles. The molecule has 5 nitrogen and oxygen atoms in total. The molecule has 0 aliphatic heterocycles. The maximum absolute atomic E-state index is 10.1. The Morgan fingerprint density at radius 2 is 2.00 bits per heavy atom. The Balaban J connectivity index is 0. The second-order valence-electron chi connectivity index (χ2n) is 1.31. The molecule has 0 saturated heterocycles. The molecule has 0 bridgehead atoms. The van der Waals surface area contributed by atoms with Gasteiger partial charge in [0.15, 0.2) is 0 Å². The van der Waals surface area contributed by atoms with Gasteiger partial charge in [0.2, 0.25) is 0 Å². The van der Waals surface area contributed by atoms with E-state index in [1.807, 2.05) is 0 Å². The van der Waals surface area contributed by atoms with Crippen LogP contribution in [0, 0.1) is 0 Å². The summed E-state index contributed by atoms with van der Waals surface area (Å²) in [6.07, 6.45) is -0.0366. The van der Waals surface area contributed by atoms with Crippen LogP contribution in [0.15, 0.2) is 0 Å². The van der Waals surface area contributed by atoms with Gasteiger partial charge < -0.3 is 4.52 Å². The van der Waals surface area contributed by atoms with Crippen molar-refractivity contribution in [2.45, 2.75) is 13.3 Å². The number of hydrogen-bond acceptors (Lipinski definition) is 3. The molecular formula is C3H8NaO5P. The van der Waals surface area contributed by atoms with Crippen LogP contribution >= 0.6 is 7.82 Å². The first kappa shape index (κ1) is 13.2. The van der Waals surface area contributed by atoms with Gasteiger partial charge in [-0.15, -0.1) is 0 Å². The Morgan fingerprint density at radius 3 is 2.10 bits per heavy atom. The standard InChI is InChI=1S/C3H7O5P.Na.H/c1-2-3(4)8-9(5,6)7;;/h2H2,1H3,(H2,5,6,7);;. The van der Waals surface area contributed by atoms with Gasteiger partial charge in [-0.25, -0.2) is 4.57 Å². The summed E-state index contributed by atoms with van der Waals surface area (Å²) >= 11 is 0. The molecule has 56 valence electrons. The number of carbonyl (C=O) groups is 1. The number of hydrogen-bond donors (Lipinski definition) is 2. The normalized spacial score (nSPS) is 9.90. The topological polar surface area (TPSA) is 83.8 Å². The average Bonchev–Trinajstić information content (AvgIpc) is 1.62. The number of phosphoric ester groups is 1. The first-order valence-electron chi connectivity index (χ1n) is 2.23. The van der Waals surface area contributed by atoms with Crippen molar-refractivity contribution in [1.29, 1.82) is 0 Å².